The van der Waals surface area contributed by atoms with Crippen LogP contribution >= 0.6 is 15.9 Å². The Kier molecular flexibility index (Phi) is 5.53. The molecule has 0 fully saturated rings. The highest BCUT2D eigenvalue weighted by Gasteiger charge is 2.11. The Morgan fingerprint density at radius 2 is 2.05 bits per heavy atom. The molecule has 0 atom stereocenters. The number of aryl methyl sites for hydroxylation is 1. The van der Waals surface area contributed by atoms with Gasteiger partial charge in [0.05, 0.1) is 12.2 Å². The number of hydrogen-bond donors (Lipinski definition) is 1. The molecule has 0 aliphatic heterocycles. The number of halogens is 2. The molecule has 2 aromatic rings. The molecule has 21 heavy (non-hydrogen) atoms. The lowest BCUT2D eigenvalue weighted by atomic mass is 10.1. The third-order valence-electron chi connectivity index (χ3n) is 3.59. The molecule has 1 heterocycles. The lowest BCUT2D eigenvalue weighted by molar-refractivity contribution is 0.614. The highest BCUT2D eigenvalue weighted by Crippen LogP contribution is 2.18. The summed E-state index contributed by atoms with van der Waals surface area (Å²) in [5, 5.41) is 7.93. The molecule has 0 aliphatic rings. The Labute approximate surface area is 133 Å². The summed E-state index contributed by atoms with van der Waals surface area (Å²) >= 11 is 3.33. The maximum atomic E-state index is 13.5. The summed E-state index contributed by atoms with van der Waals surface area (Å²) in [6, 6.07) is 4.95. The SMILES string of the molecule is CCNCCc1c(C)nn(Cc2cc(F)cc(Br)c2)c1C. The van der Waals surface area contributed by atoms with Gasteiger partial charge in [0.15, 0.2) is 0 Å². The van der Waals surface area contributed by atoms with E-state index in [0.29, 0.717) is 6.54 Å². The molecule has 0 radical (unpaired) electrons. The van der Waals surface area contributed by atoms with E-state index in [9.17, 15) is 4.39 Å². The fourth-order valence-electron chi connectivity index (χ4n) is 2.52. The largest absolute Gasteiger partial charge is 0.317 e. The van der Waals surface area contributed by atoms with Gasteiger partial charge in [0, 0.05) is 10.2 Å². The molecule has 2 rings (SSSR count). The van der Waals surface area contributed by atoms with E-state index in [2.05, 4.69) is 40.2 Å². The molecule has 1 aromatic heterocycles. The van der Waals surface area contributed by atoms with Gasteiger partial charge >= 0.3 is 0 Å². The molecule has 0 amide bonds. The molecule has 0 spiro atoms. The molecule has 5 heteroatoms. The third-order valence-corrected chi connectivity index (χ3v) is 4.05. The molecular weight excluding hydrogens is 333 g/mol. The van der Waals surface area contributed by atoms with E-state index in [1.807, 2.05) is 17.7 Å². The molecule has 0 aliphatic carbocycles. The monoisotopic (exact) mass is 353 g/mol. The Bertz CT molecular complexity index is 602. The summed E-state index contributed by atoms with van der Waals surface area (Å²) in [6.45, 7) is 8.73. The molecule has 3 nitrogen and oxygen atoms in total. The second-order valence-electron chi connectivity index (χ2n) is 5.19. The molecular formula is C16H21BrFN3. The zero-order valence-corrected chi connectivity index (χ0v) is 14.3. The first-order valence-corrected chi connectivity index (χ1v) is 7.99. The highest BCUT2D eigenvalue weighted by molar-refractivity contribution is 9.10. The molecule has 1 N–H and O–H groups in total. The second-order valence-corrected chi connectivity index (χ2v) is 6.10. The van der Waals surface area contributed by atoms with Crippen LogP contribution in [0.1, 0.15) is 29.4 Å². The molecule has 0 saturated carbocycles. The Hall–Kier alpha value is -1.20. The van der Waals surface area contributed by atoms with Gasteiger partial charge in [-0.15, -0.1) is 0 Å². The summed E-state index contributed by atoms with van der Waals surface area (Å²) in [5.74, 6) is -0.228. The number of likely N-dealkylation sites (N-methyl/N-ethyl adjacent to an activating group) is 1. The van der Waals surface area contributed by atoms with Crippen LogP contribution in [0.2, 0.25) is 0 Å². The standard InChI is InChI=1S/C16H21BrFN3/c1-4-19-6-5-16-11(2)20-21(12(16)3)10-13-7-14(17)9-15(18)8-13/h7-9,19H,4-6,10H2,1-3H3. The van der Waals surface area contributed by atoms with Crippen molar-refractivity contribution in [3.63, 3.8) is 0 Å². The van der Waals surface area contributed by atoms with E-state index in [0.717, 1.165) is 40.9 Å². The topological polar surface area (TPSA) is 29.9 Å². The van der Waals surface area contributed by atoms with Gasteiger partial charge in [0.25, 0.3) is 0 Å². The molecule has 114 valence electrons. The number of benzene rings is 1. The van der Waals surface area contributed by atoms with Gasteiger partial charge in [-0.25, -0.2) is 4.39 Å². The minimum absolute atomic E-state index is 0.228. The quantitative estimate of drug-likeness (QED) is 0.804. The number of hydrogen-bond acceptors (Lipinski definition) is 2. The molecule has 0 bridgehead atoms. The van der Waals surface area contributed by atoms with Crippen molar-refractivity contribution in [1.29, 1.82) is 0 Å². The minimum Gasteiger partial charge on any atom is -0.317 e. The van der Waals surface area contributed by atoms with Crippen molar-refractivity contribution < 1.29 is 4.39 Å². The second kappa shape index (κ2) is 7.18. The lowest BCUT2D eigenvalue weighted by Crippen LogP contribution is -2.16. The number of nitrogens with zero attached hydrogens (tertiary/aromatic N) is 2. The van der Waals surface area contributed by atoms with Crippen molar-refractivity contribution in [3.05, 3.63) is 51.0 Å². The van der Waals surface area contributed by atoms with Crippen LogP contribution in [0.25, 0.3) is 0 Å². The molecule has 0 saturated heterocycles. The summed E-state index contributed by atoms with van der Waals surface area (Å²) in [4.78, 5) is 0. The minimum atomic E-state index is -0.228. The summed E-state index contributed by atoms with van der Waals surface area (Å²) in [5.41, 5.74) is 4.41. The van der Waals surface area contributed by atoms with Crippen LogP contribution < -0.4 is 5.32 Å². The Balaban J connectivity index is 2.18. The van der Waals surface area contributed by atoms with Crippen LogP contribution in [0, 0.1) is 19.7 Å². The van der Waals surface area contributed by atoms with E-state index in [-0.39, 0.29) is 5.82 Å². The smallest absolute Gasteiger partial charge is 0.124 e. The maximum absolute atomic E-state index is 13.5. The van der Waals surface area contributed by atoms with Gasteiger partial charge in [-0.1, -0.05) is 22.9 Å². The van der Waals surface area contributed by atoms with E-state index in [4.69, 9.17) is 0 Å². The summed E-state index contributed by atoms with van der Waals surface area (Å²) in [7, 11) is 0. The summed E-state index contributed by atoms with van der Waals surface area (Å²) in [6.07, 6.45) is 0.971. The van der Waals surface area contributed by atoms with Gasteiger partial charge in [0.2, 0.25) is 0 Å². The number of nitrogens with one attached hydrogen (secondary N) is 1. The maximum Gasteiger partial charge on any atom is 0.124 e. The first kappa shape index (κ1) is 16.2. The fraction of sp³-hybridized carbons (Fsp3) is 0.438. The average Bonchev–Trinajstić information content (AvgIpc) is 2.65. The number of rotatable bonds is 6. The van der Waals surface area contributed by atoms with Crippen LogP contribution in [0.15, 0.2) is 22.7 Å². The van der Waals surface area contributed by atoms with Gasteiger partial charge in [-0.3, -0.25) is 4.68 Å². The van der Waals surface area contributed by atoms with Crippen molar-refractivity contribution in [1.82, 2.24) is 15.1 Å². The first-order chi connectivity index (χ1) is 10.0. The van der Waals surface area contributed by atoms with E-state index in [1.54, 1.807) is 6.07 Å². The normalized spacial score (nSPS) is 11.1. The van der Waals surface area contributed by atoms with Crippen LogP contribution in [0.5, 0.6) is 0 Å². The van der Waals surface area contributed by atoms with Crippen molar-refractivity contribution >= 4 is 15.9 Å². The van der Waals surface area contributed by atoms with Crippen LogP contribution in [0.4, 0.5) is 4.39 Å². The number of aromatic nitrogens is 2. The fourth-order valence-corrected chi connectivity index (χ4v) is 3.03. The predicted octanol–water partition coefficient (Wildman–Crippen LogP) is 3.60. The highest BCUT2D eigenvalue weighted by atomic mass is 79.9. The zero-order valence-electron chi connectivity index (χ0n) is 12.7. The zero-order chi connectivity index (χ0) is 15.4. The van der Waals surface area contributed by atoms with Gasteiger partial charge in [0.1, 0.15) is 5.82 Å². The third kappa shape index (κ3) is 4.14. The van der Waals surface area contributed by atoms with E-state index in [1.165, 1.54) is 11.6 Å². The Morgan fingerprint density at radius 1 is 1.29 bits per heavy atom. The van der Waals surface area contributed by atoms with Crippen molar-refractivity contribution in [3.8, 4) is 0 Å². The van der Waals surface area contributed by atoms with E-state index < -0.39 is 0 Å². The average molecular weight is 354 g/mol. The van der Waals surface area contributed by atoms with Crippen LogP contribution in [0.3, 0.4) is 0 Å². The van der Waals surface area contributed by atoms with Crippen molar-refractivity contribution in [2.45, 2.75) is 33.7 Å². The predicted molar refractivity (Wildman–Crippen MR) is 87.2 cm³/mol. The molecule has 0 unspecified atom stereocenters. The van der Waals surface area contributed by atoms with Crippen molar-refractivity contribution in [2.75, 3.05) is 13.1 Å². The van der Waals surface area contributed by atoms with Crippen LogP contribution in [-0.4, -0.2) is 22.9 Å². The summed E-state index contributed by atoms with van der Waals surface area (Å²) < 4.78 is 16.2. The van der Waals surface area contributed by atoms with Gasteiger partial charge in [-0.2, -0.15) is 5.10 Å². The van der Waals surface area contributed by atoms with Crippen LogP contribution in [-0.2, 0) is 13.0 Å². The molecule has 1 aromatic carbocycles. The lowest BCUT2D eigenvalue weighted by Gasteiger charge is -2.07. The Morgan fingerprint density at radius 3 is 2.71 bits per heavy atom. The van der Waals surface area contributed by atoms with E-state index >= 15 is 0 Å². The van der Waals surface area contributed by atoms with Crippen molar-refractivity contribution in [2.24, 2.45) is 0 Å². The first-order valence-electron chi connectivity index (χ1n) is 7.19. The van der Waals surface area contributed by atoms with Gasteiger partial charge < -0.3 is 5.32 Å². The van der Waals surface area contributed by atoms with Gasteiger partial charge in [-0.05, 0) is 62.7 Å².